The van der Waals surface area contributed by atoms with Crippen LogP contribution in [0.4, 0.5) is 0 Å². The highest BCUT2D eigenvalue weighted by molar-refractivity contribution is 5.70. The van der Waals surface area contributed by atoms with Crippen molar-refractivity contribution in [2.24, 2.45) is 14.1 Å². The summed E-state index contributed by atoms with van der Waals surface area (Å²) in [6, 6.07) is 0. The number of esters is 1. The first-order valence-corrected chi connectivity index (χ1v) is 5.64. The van der Waals surface area contributed by atoms with Crippen LogP contribution < -0.4 is 11.2 Å². The molecular formula is C12H18N2O4. The molecule has 0 aliphatic rings. The largest absolute Gasteiger partial charge is 0.469 e. The fraction of sp³-hybridized carbons (Fsp3) is 0.583. The maximum atomic E-state index is 12.1. The molecule has 0 aliphatic heterocycles. The molecule has 6 heteroatoms. The Balaban J connectivity index is 3.38. The Morgan fingerprint density at radius 2 is 1.83 bits per heavy atom. The molecule has 0 saturated heterocycles. The zero-order valence-corrected chi connectivity index (χ0v) is 11.3. The van der Waals surface area contributed by atoms with E-state index in [0.717, 1.165) is 4.57 Å². The van der Waals surface area contributed by atoms with Gasteiger partial charge in [-0.15, -0.1) is 0 Å². The first kappa shape index (κ1) is 14.2. The van der Waals surface area contributed by atoms with Crippen LogP contribution in [-0.4, -0.2) is 22.2 Å². The number of nitrogens with zero attached hydrogens (tertiary/aromatic N) is 2. The van der Waals surface area contributed by atoms with Crippen molar-refractivity contribution >= 4 is 5.97 Å². The third kappa shape index (κ3) is 2.37. The van der Waals surface area contributed by atoms with Gasteiger partial charge in [0.2, 0.25) is 0 Å². The molecule has 0 N–H and O–H groups in total. The fourth-order valence-corrected chi connectivity index (χ4v) is 1.97. The van der Waals surface area contributed by atoms with Gasteiger partial charge in [-0.25, -0.2) is 4.79 Å². The molecule has 0 aromatic carbocycles. The van der Waals surface area contributed by atoms with Crippen molar-refractivity contribution in [1.82, 2.24) is 9.13 Å². The maximum absolute atomic E-state index is 12.1. The van der Waals surface area contributed by atoms with Crippen molar-refractivity contribution in [2.75, 3.05) is 7.11 Å². The molecule has 0 bridgehead atoms. The number of carbonyl (C=O) groups excluding carboxylic acids is 1. The van der Waals surface area contributed by atoms with Crippen molar-refractivity contribution in [3.05, 3.63) is 32.1 Å². The van der Waals surface area contributed by atoms with Crippen molar-refractivity contribution in [1.29, 1.82) is 0 Å². The predicted molar refractivity (Wildman–Crippen MR) is 66.7 cm³/mol. The first-order chi connectivity index (χ1) is 8.31. The van der Waals surface area contributed by atoms with Crippen LogP contribution in [0.5, 0.6) is 0 Å². The molecule has 18 heavy (non-hydrogen) atoms. The van der Waals surface area contributed by atoms with Gasteiger partial charge in [-0.1, -0.05) is 6.92 Å². The molecule has 0 radical (unpaired) electrons. The van der Waals surface area contributed by atoms with Gasteiger partial charge >= 0.3 is 11.7 Å². The van der Waals surface area contributed by atoms with Gasteiger partial charge in [-0.05, 0) is 12.8 Å². The molecule has 0 aliphatic carbocycles. The third-order valence-corrected chi connectivity index (χ3v) is 3.20. The second kappa shape index (κ2) is 5.20. The van der Waals surface area contributed by atoms with Crippen LogP contribution in [0.15, 0.2) is 9.59 Å². The molecule has 1 heterocycles. The van der Waals surface area contributed by atoms with E-state index in [1.54, 1.807) is 20.9 Å². The average molecular weight is 254 g/mol. The minimum Gasteiger partial charge on any atom is -0.469 e. The summed E-state index contributed by atoms with van der Waals surface area (Å²) in [5.74, 6) is -0.666. The Bertz CT molecular complexity index is 583. The van der Waals surface area contributed by atoms with E-state index in [1.165, 1.54) is 18.7 Å². The van der Waals surface area contributed by atoms with Gasteiger partial charge in [0.25, 0.3) is 5.56 Å². The summed E-state index contributed by atoms with van der Waals surface area (Å²) in [5, 5.41) is 0. The van der Waals surface area contributed by atoms with E-state index in [0.29, 0.717) is 11.3 Å². The van der Waals surface area contributed by atoms with Gasteiger partial charge in [-0.2, -0.15) is 0 Å². The topological polar surface area (TPSA) is 70.3 Å². The number of hydrogen-bond acceptors (Lipinski definition) is 4. The highest BCUT2D eigenvalue weighted by atomic mass is 16.5. The lowest BCUT2D eigenvalue weighted by Crippen LogP contribution is -2.41. The lowest BCUT2D eigenvalue weighted by atomic mass is 9.97. The normalized spacial score (nSPS) is 12.3. The SMILES string of the molecule is COC(=O)C[C@@H](C)c1c(C)n(C)c(=O)n(C)c1=O. The number of ether oxygens (including phenoxy) is 1. The van der Waals surface area contributed by atoms with E-state index in [2.05, 4.69) is 4.74 Å². The number of carbonyl (C=O) groups is 1. The van der Waals surface area contributed by atoms with Crippen LogP contribution in [-0.2, 0) is 23.6 Å². The van der Waals surface area contributed by atoms with Crippen LogP contribution >= 0.6 is 0 Å². The minimum atomic E-state index is -0.377. The molecule has 0 amide bonds. The summed E-state index contributed by atoms with van der Waals surface area (Å²) < 4.78 is 7.05. The quantitative estimate of drug-likeness (QED) is 0.715. The number of methoxy groups -OCH3 is 1. The Kier molecular flexibility index (Phi) is 4.11. The smallest absolute Gasteiger partial charge is 0.330 e. The van der Waals surface area contributed by atoms with E-state index in [1.807, 2.05) is 0 Å². The van der Waals surface area contributed by atoms with Crippen LogP contribution in [0.2, 0.25) is 0 Å². The molecule has 100 valence electrons. The molecular weight excluding hydrogens is 236 g/mol. The van der Waals surface area contributed by atoms with E-state index >= 15 is 0 Å². The van der Waals surface area contributed by atoms with Crippen molar-refractivity contribution in [3.8, 4) is 0 Å². The van der Waals surface area contributed by atoms with E-state index in [9.17, 15) is 14.4 Å². The summed E-state index contributed by atoms with van der Waals surface area (Å²) >= 11 is 0. The van der Waals surface area contributed by atoms with E-state index in [4.69, 9.17) is 0 Å². The molecule has 0 spiro atoms. The Morgan fingerprint density at radius 1 is 1.28 bits per heavy atom. The van der Waals surface area contributed by atoms with Crippen LogP contribution in [0, 0.1) is 6.92 Å². The number of aromatic nitrogens is 2. The summed E-state index contributed by atoms with van der Waals surface area (Å²) in [6.07, 6.45) is 0.116. The van der Waals surface area contributed by atoms with Gasteiger partial charge < -0.3 is 9.30 Å². The second-order valence-electron chi connectivity index (χ2n) is 4.39. The Hall–Kier alpha value is -1.85. The summed E-state index contributed by atoms with van der Waals surface area (Å²) in [7, 11) is 4.34. The van der Waals surface area contributed by atoms with Gasteiger partial charge in [0.15, 0.2) is 0 Å². The molecule has 1 aromatic rings. The maximum Gasteiger partial charge on any atom is 0.330 e. The molecule has 1 aromatic heterocycles. The molecule has 0 fully saturated rings. The summed E-state index contributed by atoms with van der Waals surface area (Å²) in [6.45, 7) is 3.47. The minimum absolute atomic E-state index is 0.116. The molecule has 0 saturated carbocycles. The first-order valence-electron chi connectivity index (χ1n) is 5.64. The fourth-order valence-electron chi connectivity index (χ4n) is 1.97. The van der Waals surface area contributed by atoms with Gasteiger partial charge in [0.05, 0.1) is 13.5 Å². The molecule has 6 nitrogen and oxygen atoms in total. The number of rotatable bonds is 3. The summed E-state index contributed by atoms with van der Waals surface area (Å²) in [5.41, 5.74) is 0.336. The van der Waals surface area contributed by atoms with Crippen molar-refractivity contribution in [2.45, 2.75) is 26.2 Å². The lowest BCUT2D eigenvalue weighted by Gasteiger charge is -2.16. The highest BCUT2D eigenvalue weighted by Gasteiger charge is 2.20. The standard InChI is InChI=1S/C12H18N2O4/c1-7(6-9(15)18-5)10-8(2)13(3)12(17)14(4)11(10)16/h7H,6H2,1-5H3/t7-/m1/s1. The van der Waals surface area contributed by atoms with E-state index in [-0.39, 0.29) is 29.6 Å². The zero-order valence-electron chi connectivity index (χ0n) is 11.3. The van der Waals surface area contributed by atoms with Gasteiger partial charge in [0.1, 0.15) is 0 Å². The van der Waals surface area contributed by atoms with Crippen LogP contribution in [0.1, 0.15) is 30.5 Å². The van der Waals surface area contributed by atoms with Gasteiger partial charge in [0, 0.05) is 25.4 Å². The monoisotopic (exact) mass is 254 g/mol. The molecule has 1 atom stereocenters. The average Bonchev–Trinajstić information content (AvgIpc) is 2.34. The Morgan fingerprint density at radius 3 is 2.33 bits per heavy atom. The van der Waals surface area contributed by atoms with E-state index < -0.39 is 0 Å². The molecule has 0 unspecified atom stereocenters. The highest BCUT2D eigenvalue weighted by Crippen LogP contribution is 2.18. The lowest BCUT2D eigenvalue weighted by molar-refractivity contribution is -0.140. The molecule has 1 rings (SSSR count). The van der Waals surface area contributed by atoms with Crippen molar-refractivity contribution in [3.63, 3.8) is 0 Å². The van der Waals surface area contributed by atoms with Crippen molar-refractivity contribution < 1.29 is 9.53 Å². The number of hydrogen-bond donors (Lipinski definition) is 0. The van der Waals surface area contributed by atoms with Crippen LogP contribution in [0.3, 0.4) is 0 Å². The predicted octanol–water partition coefficient (Wildman–Crippen LogP) is 0.0590. The second-order valence-corrected chi connectivity index (χ2v) is 4.39. The van der Waals surface area contributed by atoms with Gasteiger partial charge in [-0.3, -0.25) is 14.2 Å². The summed E-state index contributed by atoms with van der Waals surface area (Å²) in [4.78, 5) is 35.0. The Labute approximate surface area is 105 Å². The van der Waals surface area contributed by atoms with Crippen LogP contribution in [0.25, 0.3) is 0 Å². The third-order valence-electron chi connectivity index (χ3n) is 3.20. The zero-order chi connectivity index (χ0) is 14.0.